The first kappa shape index (κ1) is 20.6. The molecule has 0 fully saturated rings. The summed E-state index contributed by atoms with van der Waals surface area (Å²) < 4.78 is 12.4. The Morgan fingerprint density at radius 1 is 1.20 bits per heavy atom. The molecule has 0 radical (unpaired) electrons. The van der Waals surface area contributed by atoms with E-state index < -0.39 is 0 Å². The predicted molar refractivity (Wildman–Crippen MR) is 119 cm³/mol. The Labute approximate surface area is 184 Å². The van der Waals surface area contributed by atoms with Crippen molar-refractivity contribution >= 4 is 29.3 Å². The number of benzene rings is 2. The molecule has 3 aromatic rings. The maximum absolute atomic E-state index is 12.9. The lowest BCUT2D eigenvalue weighted by molar-refractivity contribution is 0.0948. The van der Waals surface area contributed by atoms with Crippen LogP contribution >= 0.6 is 23.4 Å². The van der Waals surface area contributed by atoms with E-state index >= 15 is 0 Å². The molecule has 1 aliphatic heterocycles. The molecule has 1 N–H and O–H groups in total. The van der Waals surface area contributed by atoms with Gasteiger partial charge in [-0.15, -0.1) is 11.8 Å². The Hall–Kier alpha value is -2.64. The largest absolute Gasteiger partial charge is 0.493 e. The second kappa shape index (κ2) is 8.62. The zero-order chi connectivity index (χ0) is 21.3. The van der Waals surface area contributed by atoms with E-state index in [4.69, 9.17) is 21.1 Å². The second-order valence-corrected chi connectivity index (χ2v) is 8.38. The molecule has 6 nitrogen and oxygen atoms in total. The molecule has 2 heterocycles. The highest BCUT2D eigenvalue weighted by molar-refractivity contribution is 7.98. The monoisotopic (exact) mass is 443 g/mol. The molecule has 0 saturated carbocycles. The van der Waals surface area contributed by atoms with E-state index in [1.165, 1.54) is 0 Å². The summed E-state index contributed by atoms with van der Waals surface area (Å²) in [6, 6.07) is 11.6. The molecule has 156 valence electrons. The van der Waals surface area contributed by atoms with Crippen molar-refractivity contribution in [3.05, 3.63) is 58.2 Å². The number of rotatable bonds is 6. The highest BCUT2D eigenvalue weighted by atomic mass is 35.5. The molecule has 2 aromatic carbocycles. The third-order valence-electron chi connectivity index (χ3n) is 5.08. The summed E-state index contributed by atoms with van der Waals surface area (Å²) in [7, 11) is 5.08. The second-order valence-electron chi connectivity index (χ2n) is 6.92. The molecular formula is C22H22ClN3O3S. The van der Waals surface area contributed by atoms with Gasteiger partial charge in [-0.1, -0.05) is 17.7 Å². The van der Waals surface area contributed by atoms with Gasteiger partial charge < -0.3 is 14.8 Å². The topological polar surface area (TPSA) is 65.4 Å². The SMILES string of the molecule is COc1ccc(CCNC(=O)c2nn(C)c3c2CSc2ccc(Cl)cc2-3)cc1OC. The van der Waals surface area contributed by atoms with Gasteiger partial charge in [-0.3, -0.25) is 9.48 Å². The first-order valence-corrected chi connectivity index (χ1v) is 10.9. The van der Waals surface area contributed by atoms with Gasteiger partial charge in [-0.05, 0) is 42.3 Å². The van der Waals surface area contributed by atoms with Crippen molar-refractivity contribution in [1.82, 2.24) is 15.1 Å². The third kappa shape index (κ3) is 3.87. The van der Waals surface area contributed by atoms with Gasteiger partial charge >= 0.3 is 0 Å². The molecule has 8 heteroatoms. The van der Waals surface area contributed by atoms with Crippen molar-refractivity contribution < 1.29 is 14.3 Å². The van der Waals surface area contributed by atoms with E-state index in [1.54, 1.807) is 30.7 Å². The van der Waals surface area contributed by atoms with Crippen LogP contribution in [-0.4, -0.2) is 36.5 Å². The molecule has 1 aromatic heterocycles. The molecule has 0 unspecified atom stereocenters. The van der Waals surface area contributed by atoms with Gasteiger partial charge in [0, 0.05) is 40.4 Å². The van der Waals surface area contributed by atoms with E-state index in [0.29, 0.717) is 40.9 Å². The fourth-order valence-electron chi connectivity index (χ4n) is 3.63. The van der Waals surface area contributed by atoms with Crippen LogP contribution in [0.25, 0.3) is 11.3 Å². The van der Waals surface area contributed by atoms with Gasteiger partial charge in [0.1, 0.15) is 0 Å². The average molecular weight is 444 g/mol. The van der Waals surface area contributed by atoms with E-state index in [1.807, 2.05) is 43.4 Å². The van der Waals surface area contributed by atoms with Crippen LogP contribution in [0.5, 0.6) is 11.5 Å². The first-order chi connectivity index (χ1) is 14.5. The Kier molecular flexibility index (Phi) is 5.92. The predicted octanol–water partition coefficient (Wildman–Crippen LogP) is 4.34. The Balaban J connectivity index is 1.49. The molecule has 0 saturated heterocycles. The molecule has 0 bridgehead atoms. The Morgan fingerprint density at radius 3 is 2.77 bits per heavy atom. The minimum atomic E-state index is -0.168. The van der Waals surface area contributed by atoms with Gasteiger partial charge in [-0.2, -0.15) is 5.10 Å². The minimum Gasteiger partial charge on any atom is -0.493 e. The molecule has 0 aliphatic carbocycles. The molecule has 0 atom stereocenters. The molecule has 4 rings (SSSR count). The molecule has 30 heavy (non-hydrogen) atoms. The van der Waals surface area contributed by atoms with Crippen molar-refractivity contribution in [1.29, 1.82) is 0 Å². The Bertz CT molecular complexity index is 1110. The maximum atomic E-state index is 12.9. The average Bonchev–Trinajstić information content (AvgIpc) is 3.10. The lowest BCUT2D eigenvalue weighted by atomic mass is 10.1. The maximum Gasteiger partial charge on any atom is 0.272 e. The number of hydrogen-bond acceptors (Lipinski definition) is 5. The number of nitrogens with one attached hydrogen (secondary N) is 1. The van der Waals surface area contributed by atoms with Gasteiger partial charge in [-0.25, -0.2) is 0 Å². The van der Waals surface area contributed by atoms with Crippen molar-refractivity contribution in [3.8, 4) is 22.8 Å². The lowest BCUT2D eigenvalue weighted by Crippen LogP contribution is -2.27. The summed E-state index contributed by atoms with van der Waals surface area (Å²) in [5, 5.41) is 8.17. The van der Waals surface area contributed by atoms with E-state index in [2.05, 4.69) is 10.4 Å². The van der Waals surface area contributed by atoms with Gasteiger partial charge in [0.25, 0.3) is 5.91 Å². The number of hydrogen-bond donors (Lipinski definition) is 1. The highest BCUT2D eigenvalue weighted by Gasteiger charge is 2.27. The number of carbonyl (C=O) groups is 1. The number of halogens is 1. The number of thioether (sulfide) groups is 1. The quantitative estimate of drug-likeness (QED) is 0.614. The summed E-state index contributed by atoms with van der Waals surface area (Å²) in [5.41, 5.74) is 4.44. The Morgan fingerprint density at radius 2 is 2.00 bits per heavy atom. The summed E-state index contributed by atoms with van der Waals surface area (Å²) >= 11 is 7.89. The van der Waals surface area contributed by atoms with E-state index in [0.717, 1.165) is 27.3 Å². The number of carbonyl (C=O) groups excluding carboxylic acids is 1. The zero-order valence-corrected chi connectivity index (χ0v) is 18.6. The van der Waals surface area contributed by atoms with Crippen LogP contribution < -0.4 is 14.8 Å². The number of aryl methyl sites for hydroxylation is 1. The number of fused-ring (bicyclic) bond motifs is 3. The summed E-state index contributed by atoms with van der Waals surface area (Å²) in [5.74, 6) is 1.90. The smallest absolute Gasteiger partial charge is 0.272 e. The number of ether oxygens (including phenoxy) is 2. The lowest BCUT2D eigenvalue weighted by Gasteiger charge is -2.17. The van der Waals surface area contributed by atoms with Crippen LogP contribution in [0, 0.1) is 0 Å². The zero-order valence-electron chi connectivity index (χ0n) is 17.0. The number of aromatic nitrogens is 2. The van der Waals surface area contributed by atoms with Crippen molar-refractivity contribution in [3.63, 3.8) is 0 Å². The van der Waals surface area contributed by atoms with Crippen molar-refractivity contribution in [2.75, 3.05) is 20.8 Å². The van der Waals surface area contributed by atoms with Crippen molar-refractivity contribution in [2.24, 2.45) is 7.05 Å². The van der Waals surface area contributed by atoms with Crippen molar-refractivity contribution in [2.45, 2.75) is 17.1 Å². The summed E-state index contributed by atoms with van der Waals surface area (Å²) in [4.78, 5) is 14.0. The number of amides is 1. The van der Waals surface area contributed by atoms with E-state index in [9.17, 15) is 4.79 Å². The van der Waals surface area contributed by atoms with Crippen LogP contribution in [0.4, 0.5) is 0 Å². The van der Waals surface area contributed by atoms with Gasteiger partial charge in [0.15, 0.2) is 17.2 Å². The van der Waals surface area contributed by atoms with Crippen LogP contribution in [0.15, 0.2) is 41.3 Å². The minimum absolute atomic E-state index is 0.168. The molecule has 1 amide bonds. The highest BCUT2D eigenvalue weighted by Crippen LogP contribution is 2.43. The van der Waals surface area contributed by atoms with Crippen LogP contribution in [0.3, 0.4) is 0 Å². The summed E-state index contributed by atoms with van der Waals surface area (Å²) in [6.45, 7) is 0.495. The number of nitrogens with zero attached hydrogens (tertiary/aromatic N) is 2. The normalized spacial score (nSPS) is 12.1. The van der Waals surface area contributed by atoms with Crippen LogP contribution in [0.1, 0.15) is 21.6 Å². The third-order valence-corrected chi connectivity index (χ3v) is 6.41. The summed E-state index contributed by atoms with van der Waals surface area (Å²) in [6.07, 6.45) is 0.675. The fourth-order valence-corrected chi connectivity index (χ4v) is 4.85. The first-order valence-electron chi connectivity index (χ1n) is 9.49. The standard InChI is InChI=1S/C22H22ClN3O3S/c1-26-21-15-11-14(23)5-7-19(15)30-12-16(21)20(25-26)22(27)24-9-8-13-4-6-17(28-2)18(10-13)29-3/h4-7,10-11H,8-9,12H2,1-3H3,(H,24,27). The number of methoxy groups -OCH3 is 2. The van der Waals surface area contributed by atoms with Crippen LogP contribution in [-0.2, 0) is 19.2 Å². The molecule has 1 aliphatic rings. The van der Waals surface area contributed by atoms with E-state index in [-0.39, 0.29) is 5.91 Å². The van der Waals surface area contributed by atoms with Gasteiger partial charge in [0.05, 0.1) is 19.9 Å². The molecule has 0 spiro atoms. The fraction of sp³-hybridized carbons (Fsp3) is 0.273. The van der Waals surface area contributed by atoms with Crippen LogP contribution in [0.2, 0.25) is 5.02 Å². The van der Waals surface area contributed by atoms with Gasteiger partial charge in [0.2, 0.25) is 0 Å². The molecular weight excluding hydrogens is 422 g/mol.